The van der Waals surface area contributed by atoms with Gasteiger partial charge in [-0.15, -0.1) is 0 Å². The first-order valence-corrected chi connectivity index (χ1v) is 6.60. The van der Waals surface area contributed by atoms with E-state index in [4.69, 9.17) is 11.6 Å². The van der Waals surface area contributed by atoms with Crippen LogP contribution in [0.2, 0.25) is 5.02 Å². The zero-order valence-electron chi connectivity index (χ0n) is 10.3. The number of halogens is 4. The summed E-state index contributed by atoms with van der Waals surface area (Å²) >= 11 is 5.63. The molecule has 1 unspecified atom stereocenters. The summed E-state index contributed by atoms with van der Waals surface area (Å²) in [6, 6.07) is 3.83. The van der Waals surface area contributed by atoms with Crippen LogP contribution in [0.3, 0.4) is 0 Å². The molecule has 0 saturated heterocycles. The lowest BCUT2D eigenvalue weighted by molar-refractivity contribution is -0.136. The molecule has 19 heavy (non-hydrogen) atoms. The number of hydrogen-bond acceptors (Lipinski definition) is 1. The smallest absolute Gasteiger partial charge is 0.384 e. The van der Waals surface area contributed by atoms with Crippen LogP contribution < -0.4 is 5.32 Å². The van der Waals surface area contributed by atoms with Crippen LogP contribution in [0.25, 0.3) is 0 Å². The summed E-state index contributed by atoms with van der Waals surface area (Å²) in [5.41, 5.74) is -0.599. The van der Waals surface area contributed by atoms with E-state index in [1.807, 2.05) is 0 Å². The molecule has 0 spiro atoms. The van der Waals surface area contributed by atoms with E-state index in [0.29, 0.717) is 12.5 Å². The number of nitrogens with one attached hydrogen (secondary N) is 1. The quantitative estimate of drug-likeness (QED) is 0.761. The molecule has 0 amide bonds. The molecule has 1 aliphatic rings. The highest BCUT2D eigenvalue weighted by Crippen LogP contribution is 2.36. The van der Waals surface area contributed by atoms with Crippen molar-refractivity contribution in [3.63, 3.8) is 0 Å². The first-order chi connectivity index (χ1) is 8.97. The minimum absolute atomic E-state index is 0.0958. The highest BCUT2D eigenvalue weighted by Gasteiger charge is 2.33. The van der Waals surface area contributed by atoms with Crippen LogP contribution in [0.4, 0.5) is 18.9 Å². The molecule has 0 aliphatic heterocycles. The van der Waals surface area contributed by atoms with Gasteiger partial charge in [0.25, 0.3) is 0 Å². The number of anilines is 1. The molecular weight excluding hydrogens is 275 g/mol. The summed E-state index contributed by atoms with van der Waals surface area (Å²) in [4.78, 5) is 0. The lowest BCUT2D eigenvalue weighted by atomic mass is 9.94. The van der Waals surface area contributed by atoms with Gasteiger partial charge in [0.1, 0.15) is 0 Å². The Morgan fingerprint density at radius 3 is 2.68 bits per heavy atom. The highest BCUT2D eigenvalue weighted by molar-refractivity contribution is 6.30. The molecule has 1 aromatic carbocycles. The van der Waals surface area contributed by atoms with Crippen molar-refractivity contribution in [2.24, 2.45) is 5.92 Å². The van der Waals surface area contributed by atoms with Crippen LogP contribution in [-0.2, 0) is 6.18 Å². The average Bonchev–Trinajstić information content (AvgIpc) is 2.37. The van der Waals surface area contributed by atoms with E-state index in [-0.39, 0.29) is 10.7 Å². The van der Waals surface area contributed by atoms with Crippen molar-refractivity contribution < 1.29 is 13.2 Å². The molecule has 2 rings (SSSR count). The van der Waals surface area contributed by atoms with Gasteiger partial charge in [0.05, 0.1) is 5.56 Å². The molecule has 0 fully saturated rings. The van der Waals surface area contributed by atoms with Gasteiger partial charge < -0.3 is 5.32 Å². The molecular formula is C14H15ClF3N. The van der Waals surface area contributed by atoms with Crippen molar-refractivity contribution in [1.82, 2.24) is 0 Å². The minimum atomic E-state index is -4.39. The van der Waals surface area contributed by atoms with Crippen molar-refractivity contribution in [3.05, 3.63) is 40.9 Å². The summed E-state index contributed by atoms with van der Waals surface area (Å²) in [5.74, 6) is 0.391. The maximum atomic E-state index is 12.9. The van der Waals surface area contributed by atoms with Crippen LogP contribution in [0.15, 0.2) is 30.4 Å². The predicted octanol–water partition coefficient (Wildman–Crippen LogP) is 5.13. The van der Waals surface area contributed by atoms with Crippen LogP contribution in [-0.4, -0.2) is 6.54 Å². The molecule has 0 radical (unpaired) electrons. The molecule has 0 bridgehead atoms. The topological polar surface area (TPSA) is 12.0 Å². The Bertz CT molecular complexity index is 468. The van der Waals surface area contributed by atoms with Crippen molar-refractivity contribution in [2.45, 2.75) is 25.4 Å². The van der Waals surface area contributed by atoms with Gasteiger partial charge in [-0.3, -0.25) is 0 Å². The molecule has 1 atom stereocenters. The Balaban J connectivity index is 2.09. The van der Waals surface area contributed by atoms with Gasteiger partial charge in [-0.25, -0.2) is 0 Å². The monoisotopic (exact) mass is 289 g/mol. The molecule has 0 saturated carbocycles. The van der Waals surface area contributed by atoms with Crippen molar-refractivity contribution in [2.75, 3.05) is 11.9 Å². The molecule has 0 aromatic heterocycles. The fraction of sp³-hybridized carbons (Fsp3) is 0.429. The largest absolute Gasteiger partial charge is 0.418 e. The summed E-state index contributed by atoms with van der Waals surface area (Å²) < 4.78 is 38.7. The zero-order valence-corrected chi connectivity index (χ0v) is 11.1. The van der Waals surface area contributed by atoms with E-state index in [1.54, 1.807) is 0 Å². The fourth-order valence-corrected chi connectivity index (χ4v) is 2.37. The summed E-state index contributed by atoms with van der Waals surface area (Å²) in [6.07, 6.45) is 2.74. The number of benzene rings is 1. The Labute approximate surface area is 115 Å². The third-order valence-corrected chi connectivity index (χ3v) is 3.48. The number of rotatable bonds is 3. The van der Waals surface area contributed by atoms with Crippen LogP contribution in [0.1, 0.15) is 24.8 Å². The lowest BCUT2D eigenvalue weighted by Gasteiger charge is -2.21. The van der Waals surface area contributed by atoms with E-state index in [0.717, 1.165) is 25.3 Å². The van der Waals surface area contributed by atoms with E-state index < -0.39 is 11.7 Å². The zero-order chi connectivity index (χ0) is 13.9. The van der Waals surface area contributed by atoms with Crippen LogP contribution in [0, 0.1) is 5.92 Å². The minimum Gasteiger partial charge on any atom is -0.384 e. The maximum absolute atomic E-state index is 12.9. The molecule has 1 aliphatic carbocycles. The van der Waals surface area contributed by atoms with Gasteiger partial charge in [0, 0.05) is 17.3 Å². The predicted molar refractivity (Wildman–Crippen MR) is 71.4 cm³/mol. The molecule has 1 N–H and O–H groups in total. The van der Waals surface area contributed by atoms with Gasteiger partial charge in [0.2, 0.25) is 0 Å². The second-order valence-corrected chi connectivity index (χ2v) is 5.16. The van der Waals surface area contributed by atoms with Gasteiger partial charge in [-0.2, -0.15) is 13.2 Å². The van der Waals surface area contributed by atoms with Gasteiger partial charge in [-0.1, -0.05) is 23.8 Å². The molecule has 5 heteroatoms. The second-order valence-electron chi connectivity index (χ2n) is 4.72. The van der Waals surface area contributed by atoms with E-state index >= 15 is 0 Å². The van der Waals surface area contributed by atoms with E-state index in [9.17, 15) is 13.2 Å². The van der Waals surface area contributed by atoms with Crippen LogP contribution >= 0.6 is 11.6 Å². The normalized spacial score (nSPS) is 19.5. The SMILES string of the molecule is FC(F)(F)c1cc(Cl)ccc1NCC1CC=CCC1. The lowest BCUT2D eigenvalue weighted by Crippen LogP contribution is -2.18. The Morgan fingerprint density at radius 2 is 2.05 bits per heavy atom. The van der Waals surface area contributed by atoms with E-state index in [1.165, 1.54) is 12.1 Å². The Morgan fingerprint density at radius 1 is 1.26 bits per heavy atom. The highest BCUT2D eigenvalue weighted by atomic mass is 35.5. The van der Waals surface area contributed by atoms with E-state index in [2.05, 4.69) is 17.5 Å². The first kappa shape index (κ1) is 14.3. The van der Waals surface area contributed by atoms with Crippen molar-refractivity contribution >= 4 is 17.3 Å². The average molecular weight is 290 g/mol. The molecule has 0 heterocycles. The summed E-state index contributed by atoms with van der Waals surface area (Å²) in [7, 11) is 0. The summed E-state index contributed by atoms with van der Waals surface area (Å²) in [6.45, 7) is 0.551. The number of alkyl halides is 3. The Hall–Kier alpha value is -1.16. The van der Waals surface area contributed by atoms with Crippen molar-refractivity contribution in [3.8, 4) is 0 Å². The third-order valence-electron chi connectivity index (χ3n) is 3.25. The van der Waals surface area contributed by atoms with Gasteiger partial charge in [0.15, 0.2) is 0 Å². The first-order valence-electron chi connectivity index (χ1n) is 6.22. The maximum Gasteiger partial charge on any atom is 0.418 e. The number of hydrogen-bond donors (Lipinski definition) is 1. The Kier molecular flexibility index (Phi) is 4.40. The number of allylic oxidation sites excluding steroid dienone is 2. The molecule has 1 aromatic rings. The fourth-order valence-electron chi connectivity index (χ4n) is 2.20. The molecule has 104 valence electrons. The summed E-state index contributed by atoms with van der Waals surface area (Å²) in [5, 5.41) is 3.00. The standard InChI is InChI=1S/C14H15ClF3N/c15-11-6-7-13(12(8-11)14(16,17)18)19-9-10-4-2-1-3-5-10/h1-2,6-8,10,19H,3-5,9H2. The van der Waals surface area contributed by atoms with Crippen LogP contribution in [0.5, 0.6) is 0 Å². The second kappa shape index (κ2) is 5.87. The third kappa shape index (κ3) is 3.90. The van der Waals surface area contributed by atoms with Gasteiger partial charge in [-0.05, 0) is 43.4 Å². The van der Waals surface area contributed by atoms with Crippen molar-refractivity contribution in [1.29, 1.82) is 0 Å². The molecule has 1 nitrogen and oxygen atoms in total. The van der Waals surface area contributed by atoms with Gasteiger partial charge >= 0.3 is 6.18 Å².